The standard InChI is InChI=1S/C12H16N4O2/c1-12(2,3)18-11(17)14-7-5-4-6-8-9(7)10(13)16-15-8/h4-6H,1-3H3,(H,14,17)(H3,13,15,16). The second-order valence-electron chi connectivity index (χ2n) is 4.96. The predicted molar refractivity (Wildman–Crippen MR) is 70.4 cm³/mol. The predicted octanol–water partition coefficient (Wildman–Crippen LogP) is 2.49. The number of aromatic amines is 1. The molecule has 4 N–H and O–H groups in total. The van der Waals surface area contributed by atoms with Gasteiger partial charge in [-0.05, 0) is 32.9 Å². The molecule has 96 valence electrons. The van der Waals surface area contributed by atoms with Gasteiger partial charge in [0.05, 0.1) is 16.6 Å². The maximum Gasteiger partial charge on any atom is 0.412 e. The van der Waals surface area contributed by atoms with Crippen molar-refractivity contribution in [2.24, 2.45) is 0 Å². The van der Waals surface area contributed by atoms with Crippen LogP contribution in [0.2, 0.25) is 0 Å². The number of hydrogen-bond acceptors (Lipinski definition) is 4. The van der Waals surface area contributed by atoms with Crippen LogP contribution in [0.1, 0.15) is 20.8 Å². The van der Waals surface area contributed by atoms with Crippen LogP contribution < -0.4 is 11.1 Å². The highest BCUT2D eigenvalue weighted by molar-refractivity contribution is 6.04. The second-order valence-corrected chi connectivity index (χ2v) is 4.96. The Balaban J connectivity index is 2.27. The van der Waals surface area contributed by atoms with Gasteiger partial charge in [-0.15, -0.1) is 0 Å². The van der Waals surface area contributed by atoms with Crippen molar-refractivity contribution in [2.75, 3.05) is 11.1 Å². The summed E-state index contributed by atoms with van der Waals surface area (Å²) in [6.45, 7) is 5.41. The van der Waals surface area contributed by atoms with E-state index < -0.39 is 11.7 Å². The number of hydrogen-bond donors (Lipinski definition) is 3. The molecule has 1 amide bonds. The van der Waals surface area contributed by atoms with Gasteiger partial charge in [-0.2, -0.15) is 5.10 Å². The largest absolute Gasteiger partial charge is 0.444 e. The number of nitrogen functional groups attached to an aromatic ring is 1. The van der Waals surface area contributed by atoms with Crippen molar-refractivity contribution in [1.29, 1.82) is 0 Å². The minimum atomic E-state index is -0.542. The quantitative estimate of drug-likeness (QED) is 0.722. The van der Waals surface area contributed by atoms with E-state index in [0.717, 1.165) is 5.52 Å². The fraction of sp³-hybridized carbons (Fsp3) is 0.333. The summed E-state index contributed by atoms with van der Waals surface area (Å²) < 4.78 is 5.19. The van der Waals surface area contributed by atoms with Gasteiger partial charge in [-0.25, -0.2) is 4.79 Å². The van der Waals surface area contributed by atoms with Gasteiger partial charge >= 0.3 is 6.09 Å². The van der Waals surface area contributed by atoms with Crippen molar-refractivity contribution < 1.29 is 9.53 Å². The Morgan fingerprint density at radius 3 is 2.83 bits per heavy atom. The number of carbonyl (C=O) groups excluding carboxylic acids is 1. The molecule has 0 saturated carbocycles. The number of nitrogens with one attached hydrogen (secondary N) is 2. The fourth-order valence-electron chi connectivity index (χ4n) is 1.62. The van der Waals surface area contributed by atoms with Gasteiger partial charge in [0, 0.05) is 0 Å². The summed E-state index contributed by atoms with van der Waals surface area (Å²) in [5.41, 5.74) is 6.55. The van der Waals surface area contributed by atoms with Crippen LogP contribution in [0.3, 0.4) is 0 Å². The van der Waals surface area contributed by atoms with Crippen LogP contribution in [0.25, 0.3) is 10.9 Å². The monoisotopic (exact) mass is 248 g/mol. The first-order chi connectivity index (χ1) is 8.37. The topological polar surface area (TPSA) is 93.0 Å². The summed E-state index contributed by atoms with van der Waals surface area (Å²) >= 11 is 0. The molecule has 0 bridgehead atoms. The number of carbonyl (C=O) groups is 1. The zero-order chi connectivity index (χ0) is 13.3. The number of H-pyrrole nitrogens is 1. The van der Waals surface area contributed by atoms with Gasteiger partial charge in [0.15, 0.2) is 5.82 Å². The lowest BCUT2D eigenvalue weighted by molar-refractivity contribution is 0.0636. The molecule has 1 aromatic carbocycles. The van der Waals surface area contributed by atoms with Gasteiger partial charge in [0.25, 0.3) is 0 Å². The third-order valence-corrected chi connectivity index (χ3v) is 2.25. The molecule has 0 aliphatic carbocycles. The van der Waals surface area contributed by atoms with Crippen molar-refractivity contribution in [2.45, 2.75) is 26.4 Å². The molecule has 18 heavy (non-hydrogen) atoms. The highest BCUT2D eigenvalue weighted by Crippen LogP contribution is 2.26. The van der Waals surface area contributed by atoms with E-state index >= 15 is 0 Å². The summed E-state index contributed by atoms with van der Waals surface area (Å²) in [5.74, 6) is 0.344. The second kappa shape index (κ2) is 4.21. The van der Waals surface area contributed by atoms with Crippen LogP contribution in [0.5, 0.6) is 0 Å². The number of ether oxygens (including phenoxy) is 1. The molecule has 2 rings (SSSR count). The smallest absolute Gasteiger partial charge is 0.412 e. The number of anilines is 2. The Kier molecular flexibility index (Phi) is 2.86. The zero-order valence-electron chi connectivity index (χ0n) is 10.6. The van der Waals surface area contributed by atoms with Gasteiger partial charge in [-0.3, -0.25) is 10.4 Å². The van der Waals surface area contributed by atoms with Crippen LogP contribution >= 0.6 is 0 Å². The van der Waals surface area contributed by atoms with Crippen LogP contribution in [0.4, 0.5) is 16.3 Å². The molecule has 2 aromatic rings. The third-order valence-electron chi connectivity index (χ3n) is 2.25. The van der Waals surface area contributed by atoms with Gasteiger partial charge < -0.3 is 10.5 Å². The number of nitrogens with zero attached hydrogens (tertiary/aromatic N) is 1. The summed E-state index contributed by atoms with van der Waals surface area (Å²) in [6.07, 6.45) is -0.518. The van der Waals surface area contributed by atoms with Crippen LogP contribution in [-0.4, -0.2) is 21.9 Å². The highest BCUT2D eigenvalue weighted by Gasteiger charge is 2.17. The molecule has 6 heteroatoms. The molecule has 0 fully saturated rings. The molecule has 1 heterocycles. The van der Waals surface area contributed by atoms with E-state index in [4.69, 9.17) is 10.5 Å². The van der Waals surface area contributed by atoms with Crippen LogP contribution in [0, 0.1) is 0 Å². The van der Waals surface area contributed by atoms with Crippen LogP contribution in [0.15, 0.2) is 18.2 Å². The summed E-state index contributed by atoms with van der Waals surface area (Å²) in [7, 11) is 0. The maximum atomic E-state index is 11.7. The number of amides is 1. The number of aromatic nitrogens is 2. The van der Waals surface area contributed by atoms with E-state index in [2.05, 4.69) is 15.5 Å². The molecule has 0 saturated heterocycles. The summed E-state index contributed by atoms with van der Waals surface area (Å²) in [5, 5.41) is 10.0. The molecule has 6 nitrogen and oxygen atoms in total. The lowest BCUT2D eigenvalue weighted by Crippen LogP contribution is -2.27. The minimum Gasteiger partial charge on any atom is -0.444 e. The molecular formula is C12H16N4O2. The zero-order valence-corrected chi connectivity index (χ0v) is 10.6. The van der Waals surface area contributed by atoms with E-state index in [1.807, 2.05) is 6.07 Å². The molecule has 0 radical (unpaired) electrons. The summed E-state index contributed by atoms with van der Waals surface area (Å²) in [6, 6.07) is 5.38. The normalized spacial score (nSPS) is 11.5. The highest BCUT2D eigenvalue weighted by atomic mass is 16.6. The van der Waals surface area contributed by atoms with Gasteiger partial charge in [0.1, 0.15) is 5.60 Å². The fourth-order valence-corrected chi connectivity index (χ4v) is 1.62. The number of fused-ring (bicyclic) bond motifs is 1. The number of benzene rings is 1. The van der Waals surface area contributed by atoms with Crippen molar-refractivity contribution in [3.63, 3.8) is 0 Å². The average molecular weight is 248 g/mol. The van der Waals surface area contributed by atoms with E-state index in [9.17, 15) is 4.79 Å². The minimum absolute atomic E-state index is 0.344. The first-order valence-electron chi connectivity index (χ1n) is 5.59. The first kappa shape index (κ1) is 12.2. The molecular weight excluding hydrogens is 232 g/mol. The van der Waals surface area contributed by atoms with Crippen molar-refractivity contribution in [3.05, 3.63) is 18.2 Å². The van der Waals surface area contributed by atoms with Gasteiger partial charge in [0.2, 0.25) is 0 Å². The maximum absolute atomic E-state index is 11.7. The Labute approximate surface area is 104 Å². The molecule has 0 aliphatic heterocycles. The third kappa shape index (κ3) is 2.53. The molecule has 0 spiro atoms. The van der Waals surface area contributed by atoms with Crippen molar-refractivity contribution in [1.82, 2.24) is 10.2 Å². The molecule has 0 unspecified atom stereocenters. The van der Waals surface area contributed by atoms with Crippen molar-refractivity contribution in [3.8, 4) is 0 Å². The average Bonchev–Trinajstić information content (AvgIpc) is 2.58. The van der Waals surface area contributed by atoms with E-state index in [1.165, 1.54) is 0 Å². The first-order valence-corrected chi connectivity index (χ1v) is 5.59. The lowest BCUT2D eigenvalue weighted by Gasteiger charge is -2.19. The Bertz CT molecular complexity index is 583. The van der Waals surface area contributed by atoms with Gasteiger partial charge in [-0.1, -0.05) is 6.07 Å². The Morgan fingerprint density at radius 1 is 1.44 bits per heavy atom. The number of nitrogens with two attached hydrogens (primary N) is 1. The Morgan fingerprint density at radius 2 is 2.17 bits per heavy atom. The van der Waals surface area contributed by atoms with E-state index in [-0.39, 0.29) is 0 Å². The number of rotatable bonds is 1. The van der Waals surface area contributed by atoms with E-state index in [1.54, 1.807) is 32.9 Å². The molecule has 1 aromatic heterocycles. The molecule has 0 atom stereocenters. The summed E-state index contributed by atoms with van der Waals surface area (Å²) in [4.78, 5) is 11.7. The van der Waals surface area contributed by atoms with Crippen molar-refractivity contribution >= 4 is 28.5 Å². The lowest BCUT2D eigenvalue weighted by atomic mass is 10.2. The Hall–Kier alpha value is -2.24. The molecule has 0 aliphatic rings. The van der Waals surface area contributed by atoms with Crippen LogP contribution in [-0.2, 0) is 4.74 Å². The SMILES string of the molecule is CC(C)(C)OC(=O)Nc1cccc2[nH]nc(N)c12. The van der Waals surface area contributed by atoms with E-state index in [0.29, 0.717) is 16.9 Å².